The van der Waals surface area contributed by atoms with Crippen molar-refractivity contribution in [1.82, 2.24) is 20.0 Å². The fourth-order valence-electron chi connectivity index (χ4n) is 3.93. The van der Waals surface area contributed by atoms with E-state index in [-0.39, 0.29) is 17.9 Å². The van der Waals surface area contributed by atoms with Crippen LogP contribution >= 0.6 is 0 Å². The number of halogens is 1. The van der Waals surface area contributed by atoms with Crippen LogP contribution in [0.25, 0.3) is 0 Å². The van der Waals surface area contributed by atoms with Crippen molar-refractivity contribution in [3.63, 3.8) is 0 Å². The minimum atomic E-state index is -0.199. The third-order valence-electron chi connectivity index (χ3n) is 5.56. The number of nitrogens with zero attached hydrogens (tertiary/aromatic N) is 3. The maximum absolute atomic E-state index is 14.4. The number of hydrogen-bond acceptors (Lipinski definition) is 4. The highest BCUT2D eigenvalue weighted by Crippen LogP contribution is 2.26. The largest absolute Gasteiger partial charge is 0.383 e. The molecule has 2 saturated heterocycles. The van der Waals surface area contributed by atoms with Crippen LogP contribution < -0.4 is 5.32 Å². The Hall–Kier alpha value is -1.70. The van der Waals surface area contributed by atoms with Crippen molar-refractivity contribution in [2.24, 2.45) is 0 Å². The molecule has 0 saturated carbocycles. The Morgan fingerprint density at radius 3 is 2.52 bits per heavy atom. The monoisotopic (exact) mass is 378 g/mol. The average Bonchev–Trinajstić information content (AvgIpc) is 3.22. The van der Waals surface area contributed by atoms with Gasteiger partial charge < -0.3 is 15.0 Å². The van der Waals surface area contributed by atoms with Crippen LogP contribution in [0.5, 0.6) is 0 Å². The van der Waals surface area contributed by atoms with Gasteiger partial charge in [-0.1, -0.05) is 18.2 Å². The highest BCUT2D eigenvalue weighted by molar-refractivity contribution is 5.74. The molecule has 1 aromatic rings. The third kappa shape index (κ3) is 5.40. The molecule has 0 spiro atoms. The van der Waals surface area contributed by atoms with Crippen LogP contribution in [0.1, 0.15) is 24.4 Å². The molecular weight excluding hydrogens is 347 g/mol. The highest BCUT2D eigenvalue weighted by atomic mass is 19.1. The molecule has 1 unspecified atom stereocenters. The summed E-state index contributed by atoms with van der Waals surface area (Å²) in [5.41, 5.74) is 0.670. The van der Waals surface area contributed by atoms with E-state index in [0.29, 0.717) is 31.8 Å². The third-order valence-corrected chi connectivity index (χ3v) is 5.56. The normalized spacial score (nSPS) is 20.0. The number of methoxy groups -OCH3 is 1. The number of carbonyl (C=O) groups excluding carboxylic acids is 1. The van der Waals surface area contributed by atoms with Crippen LogP contribution in [-0.2, 0) is 4.74 Å². The highest BCUT2D eigenvalue weighted by Gasteiger charge is 2.27. The van der Waals surface area contributed by atoms with Crippen LogP contribution in [0.4, 0.5) is 9.18 Å². The second kappa shape index (κ2) is 10.0. The molecule has 1 aromatic carbocycles. The molecule has 2 fully saturated rings. The molecule has 1 atom stereocenters. The molecule has 0 radical (unpaired) electrons. The topological polar surface area (TPSA) is 48.1 Å². The van der Waals surface area contributed by atoms with Crippen molar-refractivity contribution in [2.45, 2.75) is 18.9 Å². The molecule has 0 aromatic heterocycles. The predicted molar refractivity (Wildman–Crippen MR) is 103 cm³/mol. The lowest BCUT2D eigenvalue weighted by Crippen LogP contribution is -2.53. The number of rotatable bonds is 7. The Morgan fingerprint density at radius 1 is 1.15 bits per heavy atom. The minimum absolute atomic E-state index is 0.0538. The molecule has 7 heteroatoms. The van der Waals surface area contributed by atoms with E-state index in [0.717, 1.165) is 45.6 Å². The van der Waals surface area contributed by atoms with E-state index in [4.69, 9.17) is 4.74 Å². The quantitative estimate of drug-likeness (QED) is 0.788. The molecule has 27 heavy (non-hydrogen) atoms. The van der Waals surface area contributed by atoms with Crippen LogP contribution in [-0.4, -0.2) is 86.8 Å². The summed E-state index contributed by atoms with van der Waals surface area (Å²) < 4.78 is 19.5. The Bertz CT molecular complexity index is 601. The Labute approximate surface area is 161 Å². The first-order chi connectivity index (χ1) is 13.2. The SMILES string of the molecule is COCCN1CCN(C(=O)NCC(c2ccccc2F)N2CCCC2)CC1. The molecule has 1 N–H and O–H groups in total. The predicted octanol–water partition coefficient (Wildman–Crippen LogP) is 1.94. The molecule has 6 nitrogen and oxygen atoms in total. The van der Waals surface area contributed by atoms with Crippen molar-refractivity contribution in [1.29, 1.82) is 0 Å². The van der Waals surface area contributed by atoms with Gasteiger partial charge in [-0.15, -0.1) is 0 Å². The number of hydrogen-bond donors (Lipinski definition) is 1. The Morgan fingerprint density at radius 2 is 1.85 bits per heavy atom. The van der Waals surface area contributed by atoms with Gasteiger partial charge in [0, 0.05) is 51.9 Å². The number of nitrogens with one attached hydrogen (secondary N) is 1. The average molecular weight is 378 g/mol. The lowest BCUT2D eigenvalue weighted by atomic mass is 10.0. The van der Waals surface area contributed by atoms with E-state index in [9.17, 15) is 9.18 Å². The van der Waals surface area contributed by atoms with Crippen LogP contribution in [0, 0.1) is 5.82 Å². The number of carbonyl (C=O) groups is 1. The summed E-state index contributed by atoms with van der Waals surface area (Å²) in [6.45, 7) is 7.10. The maximum Gasteiger partial charge on any atom is 0.317 e. The van der Waals surface area contributed by atoms with Gasteiger partial charge in [-0.25, -0.2) is 9.18 Å². The molecule has 2 aliphatic heterocycles. The summed E-state index contributed by atoms with van der Waals surface area (Å²) in [5, 5.41) is 3.05. The molecule has 2 amide bonds. The second-order valence-corrected chi connectivity index (χ2v) is 7.29. The van der Waals surface area contributed by atoms with Gasteiger partial charge in [-0.05, 0) is 32.0 Å². The summed E-state index contributed by atoms with van der Waals surface area (Å²) in [6.07, 6.45) is 2.25. The van der Waals surface area contributed by atoms with E-state index in [1.165, 1.54) is 6.07 Å². The van der Waals surface area contributed by atoms with Gasteiger partial charge in [0.2, 0.25) is 0 Å². The molecule has 150 valence electrons. The van der Waals surface area contributed by atoms with E-state index in [1.54, 1.807) is 13.2 Å². The lowest BCUT2D eigenvalue weighted by Gasteiger charge is -2.35. The van der Waals surface area contributed by atoms with Gasteiger partial charge in [0.1, 0.15) is 5.82 Å². The van der Waals surface area contributed by atoms with Crippen LogP contribution in [0.2, 0.25) is 0 Å². The maximum atomic E-state index is 14.4. The van der Waals surface area contributed by atoms with Gasteiger partial charge in [-0.3, -0.25) is 9.80 Å². The zero-order chi connectivity index (χ0) is 19.1. The summed E-state index contributed by atoms with van der Waals surface area (Å²) in [7, 11) is 1.70. The second-order valence-electron chi connectivity index (χ2n) is 7.29. The van der Waals surface area contributed by atoms with Crippen molar-refractivity contribution in [3.8, 4) is 0 Å². The summed E-state index contributed by atoms with van der Waals surface area (Å²) >= 11 is 0. The summed E-state index contributed by atoms with van der Waals surface area (Å²) in [5.74, 6) is -0.199. The first-order valence-corrected chi connectivity index (χ1v) is 9.91. The van der Waals surface area contributed by atoms with Gasteiger partial charge in [0.25, 0.3) is 0 Å². The first kappa shape index (κ1) is 20.0. The lowest BCUT2D eigenvalue weighted by molar-refractivity contribution is 0.105. The van der Waals surface area contributed by atoms with Gasteiger partial charge in [0.15, 0.2) is 0 Å². The fourth-order valence-corrected chi connectivity index (χ4v) is 3.93. The van der Waals surface area contributed by atoms with Crippen LogP contribution in [0.3, 0.4) is 0 Å². The van der Waals surface area contributed by atoms with Gasteiger partial charge in [-0.2, -0.15) is 0 Å². The number of amides is 2. The van der Waals surface area contributed by atoms with Crippen molar-refractivity contribution in [3.05, 3.63) is 35.6 Å². The summed E-state index contributed by atoms with van der Waals surface area (Å²) in [6, 6.07) is 6.74. The van der Waals surface area contributed by atoms with E-state index in [2.05, 4.69) is 15.1 Å². The van der Waals surface area contributed by atoms with E-state index >= 15 is 0 Å². The molecular formula is C20H31FN4O2. The Kier molecular flexibility index (Phi) is 7.43. The number of benzene rings is 1. The van der Waals surface area contributed by atoms with Crippen LogP contribution in [0.15, 0.2) is 24.3 Å². The molecule has 2 aliphatic rings. The molecule has 0 bridgehead atoms. The van der Waals surface area contributed by atoms with Crippen molar-refractivity contribution >= 4 is 6.03 Å². The first-order valence-electron chi connectivity index (χ1n) is 9.91. The summed E-state index contributed by atoms with van der Waals surface area (Å²) in [4.78, 5) is 19.1. The van der Waals surface area contributed by atoms with Crippen molar-refractivity contribution < 1.29 is 13.9 Å². The standard InChI is InChI=1S/C20H31FN4O2/c1-27-15-14-23-10-12-25(13-11-23)20(26)22-16-19(24-8-4-5-9-24)17-6-2-3-7-18(17)21/h2-3,6-7,19H,4-5,8-16H2,1H3,(H,22,26). The zero-order valence-electron chi connectivity index (χ0n) is 16.2. The molecule has 2 heterocycles. The van der Waals surface area contributed by atoms with Crippen molar-refractivity contribution in [2.75, 3.05) is 66.1 Å². The number of urea groups is 1. The number of likely N-dealkylation sites (tertiary alicyclic amines) is 1. The zero-order valence-corrected chi connectivity index (χ0v) is 16.2. The van der Waals surface area contributed by atoms with E-state index < -0.39 is 0 Å². The fraction of sp³-hybridized carbons (Fsp3) is 0.650. The van der Waals surface area contributed by atoms with E-state index in [1.807, 2.05) is 17.0 Å². The Balaban J connectivity index is 1.54. The number of piperazine rings is 1. The smallest absolute Gasteiger partial charge is 0.317 e. The molecule has 0 aliphatic carbocycles. The van der Waals surface area contributed by atoms with Gasteiger partial charge in [0.05, 0.1) is 12.6 Å². The van der Waals surface area contributed by atoms with Gasteiger partial charge >= 0.3 is 6.03 Å². The molecule has 3 rings (SSSR count). The number of ether oxygens (including phenoxy) is 1. The minimum Gasteiger partial charge on any atom is -0.383 e.